The predicted molar refractivity (Wildman–Crippen MR) is 22.6 cm³/mol. The van der Waals surface area contributed by atoms with Gasteiger partial charge in [-0.1, -0.05) is 0 Å². The van der Waals surface area contributed by atoms with Crippen LogP contribution in [0.5, 0.6) is 0 Å². The van der Waals surface area contributed by atoms with Gasteiger partial charge in [0.1, 0.15) is 0 Å². The first-order valence-electron chi connectivity index (χ1n) is 0.537. The number of halogens is 1. The fourth-order valence-electron chi connectivity index (χ4n) is 0. The molecule has 38 valence electrons. The van der Waals surface area contributed by atoms with E-state index in [9.17, 15) is 0 Å². The molecular weight excluding hydrogens is 203 g/mol. The molecule has 2 nitrogen and oxygen atoms in total. The summed E-state index contributed by atoms with van der Waals surface area (Å²) >= 11 is 0.553. The molecule has 0 spiro atoms. The van der Waals surface area contributed by atoms with E-state index in [1.807, 2.05) is 0 Å². The van der Waals surface area contributed by atoms with Crippen LogP contribution in [0, 0.1) is 7.43 Å². The van der Waals surface area contributed by atoms with Gasteiger partial charge in [0.2, 0.25) is 0 Å². The van der Waals surface area contributed by atoms with Crippen molar-refractivity contribution in [3.8, 4) is 0 Å². The van der Waals surface area contributed by atoms with Crippen LogP contribution in [0.15, 0.2) is 0 Å². The molecule has 0 unspecified atom stereocenters. The first kappa shape index (κ1) is 15.8. The van der Waals surface area contributed by atoms with Crippen LogP contribution in [0.2, 0.25) is 0 Å². The van der Waals surface area contributed by atoms with Gasteiger partial charge in [-0.15, -0.1) is 12.4 Å². The molecule has 0 aromatic carbocycles. The number of rotatable bonds is 0. The first-order chi connectivity index (χ1) is 1.73. The standard InChI is InChI=1S/CH3.ClH.O2S.Zr/c;;1-3-2;/h1H3;1H;;/q-1;;;. The summed E-state index contributed by atoms with van der Waals surface area (Å²) < 4.78 is 18.1. The SMILES string of the molecule is Cl.O=[S](=O)=[Zr].[CH3-]. The summed E-state index contributed by atoms with van der Waals surface area (Å²) in [7, 11) is 0. The van der Waals surface area contributed by atoms with Crippen LogP contribution < -0.4 is 0 Å². The molecule has 0 fully saturated rings. The minimum atomic E-state index is -1.77. The average Bonchev–Trinajstić information content (AvgIpc) is 0.811. The van der Waals surface area contributed by atoms with Crippen LogP contribution in [0.3, 0.4) is 0 Å². The molecule has 0 amide bonds. The zero-order valence-electron chi connectivity index (χ0n) is 3.13. The van der Waals surface area contributed by atoms with Crippen LogP contribution in [0.4, 0.5) is 0 Å². The summed E-state index contributed by atoms with van der Waals surface area (Å²) in [6.45, 7) is -1.77. The molecule has 0 aliphatic rings. The molecule has 0 aliphatic carbocycles. The summed E-state index contributed by atoms with van der Waals surface area (Å²) in [4.78, 5) is 0. The summed E-state index contributed by atoms with van der Waals surface area (Å²) in [5.74, 6) is 0. The molecule has 0 heterocycles. The third-order valence-corrected chi connectivity index (χ3v) is 0. The molecular formula is CH4ClO2SZr-. The second-order valence-electron chi connectivity index (χ2n) is 0.235. The van der Waals surface area contributed by atoms with Crippen molar-refractivity contribution in [2.24, 2.45) is 0 Å². The predicted octanol–water partition coefficient (Wildman–Crippen LogP) is 0.199. The molecule has 0 aromatic rings. The molecule has 0 aromatic heterocycles. The number of hydrogen-bond donors (Lipinski definition) is 0. The van der Waals surface area contributed by atoms with Gasteiger partial charge < -0.3 is 7.43 Å². The quantitative estimate of drug-likeness (QED) is 0.531. The second kappa shape index (κ2) is 9.37. The smallest absolute Gasteiger partial charge is 0.358 e. The largest absolute Gasteiger partial charge is 0.358 e. The Labute approximate surface area is 57.7 Å². The summed E-state index contributed by atoms with van der Waals surface area (Å²) in [5.41, 5.74) is 0. The molecule has 5 heteroatoms. The van der Waals surface area contributed by atoms with E-state index < -0.39 is 6.93 Å². The summed E-state index contributed by atoms with van der Waals surface area (Å²) in [5, 5.41) is 0. The van der Waals surface area contributed by atoms with Crippen LogP contribution in [-0.4, -0.2) is 8.42 Å². The van der Waals surface area contributed by atoms with Crippen molar-refractivity contribution in [1.82, 2.24) is 0 Å². The Bertz CT molecular complexity index is 82.9. The summed E-state index contributed by atoms with van der Waals surface area (Å²) in [6, 6.07) is 0. The normalized spacial score (nSPS) is 3.83. The van der Waals surface area contributed by atoms with Crippen LogP contribution in [0.1, 0.15) is 0 Å². The van der Waals surface area contributed by atoms with E-state index in [0.29, 0.717) is 22.7 Å². The van der Waals surface area contributed by atoms with Crippen molar-refractivity contribution in [2.75, 3.05) is 0 Å². The third-order valence-electron chi connectivity index (χ3n) is 0. The zero-order chi connectivity index (χ0) is 3.58. The molecule has 6 heavy (non-hydrogen) atoms. The molecule has 0 N–H and O–H groups in total. The van der Waals surface area contributed by atoms with E-state index >= 15 is 0 Å². The Hall–Kier alpha value is 0.993. The fraction of sp³-hybridized carbons (Fsp3) is 0. The van der Waals surface area contributed by atoms with Gasteiger partial charge in [0.05, 0.1) is 0 Å². The minimum absolute atomic E-state index is 0. The van der Waals surface area contributed by atoms with Crippen LogP contribution in [0.25, 0.3) is 0 Å². The van der Waals surface area contributed by atoms with Gasteiger partial charge in [0, 0.05) is 0 Å². The Kier molecular flexibility index (Phi) is 24.6. The van der Waals surface area contributed by atoms with Gasteiger partial charge in [-0.2, -0.15) is 0 Å². The maximum Gasteiger partial charge on any atom is -0.358 e. The van der Waals surface area contributed by atoms with Crippen molar-refractivity contribution < 1.29 is 31.1 Å². The minimum Gasteiger partial charge on any atom is -0.358 e. The topological polar surface area (TPSA) is 34.1 Å². The van der Waals surface area contributed by atoms with Crippen molar-refractivity contribution >= 4 is 19.3 Å². The van der Waals surface area contributed by atoms with Gasteiger partial charge >= 0.3 is 38.0 Å². The third kappa shape index (κ3) is 80.7. The van der Waals surface area contributed by atoms with Gasteiger partial charge in [-0.05, 0) is 0 Å². The molecule has 0 rings (SSSR count). The van der Waals surface area contributed by atoms with Crippen molar-refractivity contribution in [1.29, 1.82) is 0 Å². The van der Waals surface area contributed by atoms with Crippen molar-refractivity contribution in [3.05, 3.63) is 7.43 Å². The van der Waals surface area contributed by atoms with E-state index in [0.717, 1.165) is 0 Å². The van der Waals surface area contributed by atoms with E-state index in [4.69, 9.17) is 8.42 Å². The molecule has 0 saturated heterocycles. The second-order valence-corrected chi connectivity index (χ2v) is 3.16. The van der Waals surface area contributed by atoms with Crippen molar-refractivity contribution in [2.45, 2.75) is 0 Å². The van der Waals surface area contributed by atoms with Gasteiger partial charge in [0.25, 0.3) is 0 Å². The van der Waals surface area contributed by atoms with E-state index in [2.05, 4.69) is 0 Å². The first-order valence-corrected chi connectivity index (χ1v) is 4.62. The molecule has 0 aliphatic heterocycles. The average molecular weight is 207 g/mol. The Morgan fingerprint density at radius 3 is 1.33 bits per heavy atom. The molecule has 0 saturated carbocycles. The number of hydrogen-bond acceptors (Lipinski definition) is 2. The molecule has 0 atom stereocenters. The Morgan fingerprint density at radius 2 is 1.33 bits per heavy atom. The van der Waals surface area contributed by atoms with Gasteiger partial charge in [-0.3, -0.25) is 0 Å². The van der Waals surface area contributed by atoms with Crippen LogP contribution >= 0.6 is 12.4 Å². The van der Waals surface area contributed by atoms with Crippen molar-refractivity contribution in [3.63, 3.8) is 0 Å². The monoisotopic (exact) mass is 205 g/mol. The Morgan fingerprint density at radius 1 is 1.33 bits per heavy atom. The van der Waals surface area contributed by atoms with E-state index in [1.165, 1.54) is 0 Å². The maximum atomic E-state index is 9.04. The van der Waals surface area contributed by atoms with E-state index in [-0.39, 0.29) is 19.8 Å². The maximum absolute atomic E-state index is 9.04. The summed E-state index contributed by atoms with van der Waals surface area (Å²) in [6.07, 6.45) is 0. The molecule has 0 radical (unpaired) electrons. The molecule has 0 bridgehead atoms. The Balaban J connectivity index is -0.0000000450. The zero-order valence-corrected chi connectivity index (χ0v) is 7.22. The van der Waals surface area contributed by atoms with E-state index in [1.54, 1.807) is 0 Å². The van der Waals surface area contributed by atoms with Gasteiger partial charge in [-0.25, -0.2) is 0 Å². The van der Waals surface area contributed by atoms with Gasteiger partial charge in [0.15, 0.2) is 0 Å². The van der Waals surface area contributed by atoms with Crippen LogP contribution in [-0.2, 0) is 29.6 Å². The fourth-order valence-corrected chi connectivity index (χ4v) is 0.